The van der Waals surface area contributed by atoms with Crippen LogP contribution in [0.4, 0.5) is 0 Å². The Balaban J connectivity index is 1.58. The maximum absolute atomic E-state index is 3.74. The van der Waals surface area contributed by atoms with Crippen LogP contribution in [0.5, 0.6) is 0 Å². The molecule has 2 heteroatoms. The van der Waals surface area contributed by atoms with Crippen LogP contribution in [0, 0.1) is 11.3 Å². The lowest BCUT2D eigenvalue weighted by atomic mass is 9.99. The fourth-order valence-corrected chi connectivity index (χ4v) is 4.36. The summed E-state index contributed by atoms with van der Waals surface area (Å²) in [5, 5.41) is 3.74. The van der Waals surface area contributed by atoms with Gasteiger partial charge in [-0.2, -0.15) is 0 Å². The highest BCUT2D eigenvalue weighted by atomic mass is 32.1. The molecule has 1 nitrogen and oxygen atoms in total. The molecule has 0 amide bonds. The molecule has 0 spiro atoms. The summed E-state index contributed by atoms with van der Waals surface area (Å²) in [6, 6.07) is 3.01. The van der Waals surface area contributed by atoms with Crippen molar-refractivity contribution in [2.45, 2.75) is 58.9 Å². The lowest BCUT2D eigenvalue weighted by Crippen LogP contribution is -2.21. The van der Waals surface area contributed by atoms with Crippen molar-refractivity contribution in [1.29, 1.82) is 0 Å². The third-order valence-corrected chi connectivity index (χ3v) is 6.25. The third-order valence-electron chi connectivity index (χ3n) is 4.83. The molecule has 0 saturated heterocycles. The second-order valence-corrected chi connectivity index (χ2v) is 7.99. The molecular weight excluding hydrogens is 238 g/mol. The van der Waals surface area contributed by atoms with Gasteiger partial charge in [0.05, 0.1) is 0 Å². The quantitative estimate of drug-likeness (QED) is 0.853. The minimum absolute atomic E-state index is 0.539. The number of hydrogen-bond acceptors (Lipinski definition) is 2. The van der Waals surface area contributed by atoms with Gasteiger partial charge < -0.3 is 5.32 Å². The molecule has 2 aliphatic carbocycles. The molecule has 3 rings (SSSR count). The number of thiophene rings is 1. The van der Waals surface area contributed by atoms with Crippen LogP contribution in [0.15, 0.2) is 6.07 Å². The second-order valence-electron chi connectivity index (χ2n) is 6.82. The van der Waals surface area contributed by atoms with E-state index in [9.17, 15) is 0 Å². The fraction of sp³-hybridized carbons (Fsp3) is 0.750. The van der Waals surface area contributed by atoms with Crippen LogP contribution in [0.2, 0.25) is 0 Å². The summed E-state index contributed by atoms with van der Waals surface area (Å²) in [5.74, 6) is 0.898. The van der Waals surface area contributed by atoms with Crippen LogP contribution in [-0.4, -0.2) is 6.54 Å². The largest absolute Gasteiger partial charge is 0.309 e. The molecule has 2 unspecified atom stereocenters. The van der Waals surface area contributed by atoms with Gasteiger partial charge in [-0.15, -0.1) is 11.3 Å². The predicted octanol–water partition coefficient (Wildman–Crippen LogP) is 4.32. The Bertz CT molecular complexity index is 409. The normalized spacial score (nSPS) is 26.7. The lowest BCUT2D eigenvalue weighted by Gasteiger charge is -2.12. The molecule has 0 aliphatic heterocycles. The third kappa shape index (κ3) is 2.50. The average Bonchev–Trinajstić information content (AvgIpc) is 2.77. The van der Waals surface area contributed by atoms with Gasteiger partial charge in [-0.1, -0.05) is 13.8 Å². The highest BCUT2D eigenvalue weighted by Crippen LogP contribution is 2.51. The second kappa shape index (κ2) is 4.64. The number of fused-ring (bicyclic) bond motifs is 1. The Labute approximate surface area is 115 Å². The van der Waals surface area contributed by atoms with E-state index in [1.165, 1.54) is 38.6 Å². The van der Waals surface area contributed by atoms with Crippen LogP contribution in [0.25, 0.3) is 0 Å². The van der Waals surface area contributed by atoms with Gasteiger partial charge in [0.25, 0.3) is 0 Å². The molecule has 0 bridgehead atoms. The van der Waals surface area contributed by atoms with Crippen molar-refractivity contribution in [2.75, 3.05) is 6.54 Å². The summed E-state index contributed by atoms with van der Waals surface area (Å²) in [6.07, 6.45) is 6.82. The van der Waals surface area contributed by atoms with Crippen molar-refractivity contribution in [3.8, 4) is 0 Å². The molecule has 1 heterocycles. The highest BCUT2D eigenvalue weighted by molar-refractivity contribution is 7.12. The van der Waals surface area contributed by atoms with E-state index < -0.39 is 0 Å². The monoisotopic (exact) mass is 263 g/mol. The Morgan fingerprint density at radius 3 is 2.78 bits per heavy atom. The Hall–Kier alpha value is -0.340. The zero-order valence-electron chi connectivity index (χ0n) is 11.9. The molecule has 0 radical (unpaired) electrons. The predicted molar refractivity (Wildman–Crippen MR) is 79.3 cm³/mol. The summed E-state index contributed by atoms with van der Waals surface area (Å²) in [7, 11) is 0. The Morgan fingerprint density at radius 2 is 2.11 bits per heavy atom. The van der Waals surface area contributed by atoms with Gasteiger partial charge in [-0.05, 0) is 68.5 Å². The molecule has 0 aromatic carbocycles. The molecule has 1 aromatic heterocycles. The number of nitrogens with one attached hydrogen (secondary N) is 1. The van der Waals surface area contributed by atoms with Crippen molar-refractivity contribution < 1.29 is 0 Å². The minimum atomic E-state index is 0.539. The zero-order chi connectivity index (χ0) is 12.8. The van der Waals surface area contributed by atoms with Gasteiger partial charge in [0.1, 0.15) is 0 Å². The van der Waals surface area contributed by atoms with Crippen molar-refractivity contribution in [3.63, 3.8) is 0 Å². The van der Waals surface area contributed by atoms with Gasteiger partial charge in [0, 0.05) is 15.8 Å². The first kappa shape index (κ1) is 12.7. The van der Waals surface area contributed by atoms with E-state index in [4.69, 9.17) is 0 Å². The van der Waals surface area contributed by atoms with Crippen molar-refractivity contribution in [2.24, 2.45) is 11.3 Å². The summed E-state index contributed by atoms with van der Waals surface area (Å²) in [5.41, 5.74) is 2.24. The van der Waals surface area contributed by atoms with Gasteiger partial charge in [-0.3, -0.25) is 0 Å². The van der Waals surface area contributed by atoms with Crippen molar-refractivity contribution in [3.05, 3.63) is 21.4 Å². The average molecular weight is 263 g/mol. The minimum Gasteiger partial charge on any atom is -0.309 e. The molecule has 2 aliphatic rings. The SMILES string of the molecule is CC(NCC1CC1(C)C)c1cc2c(s1)CCCC2. The summed E-state index contributed by atoms with van der Waals surface area (Å²) in [6.45, 7) is 8.28. The molecule has 100 valence electrons. The lowest BCUT2D eigenvalue weighted by molar-refractivity contribution is 0.488. The fourth-order valence-electron chi connectivity index (χ4n) is 3.07. The summed E-state index contributed by atoms with van der Waals surface area (Å²) in [4.78, 5) is 3.22. The summed E-state index contributed by atoms with van der Waals surface area (Å²) >= 11 is 2.05. The van der Waals surface area contributed by atoms with Crippen LogP contribution in [-0.2, 0) is 12.8 Å². The van der Waals surface area contributed by atoms with Gasteiger partial charge in [0.2, 0.25) is 0 Å². The van der Waals surface area contributed by atoms with E-state index in [-0.39, 0.29) is 0 Å². The molecular formula is C16H25NS. The number of aryl methyl sites for hydroxylation is 2. The van der Waals surface area contributed by atoms with Gasteiger partial charge in [0.15, 0.2) is 0 Å². The molecule has 1 aromatic rings. The van der Waals surface area contributed by atoms with E-state index >= 15 is 0 Å². The molecule has 1 N–H and O–H groups in total. The first-order chi connectivity index (χ1) is 8.56. The van der Waals surface area contributed by atoms with Crippen LogP contribution < -0.4 is 5.32 Å². The number of hydrogen-bond donors (Lipinski definition) is 1. The zero-order valence-corrected chi connectivity index (χ0v) is 12.7. The van der Waals surface area contributed by atoms with E-state index in [1.54, 1.807) is 15.3 Å². The van der Waals surface area contributed by atoms with Crippen molar-refractivity contribution >= 4 is 11.3 Å². The molecule has 1 fully saturated rings. The Kier molecular flexibility index (Phi) is 3.27. The van der Waals surface area contributed by atoms with Crippen molar-refractivity contribution in [1.82, 2.24) is 5.32 Å². The first-order valence-electron chi connectivity index (χ1n) is 7.41. The summed E-state index contributed by atoms with van der Waals surface area (Å²) < 4.78 is 0. The van der Waals surface area contributed by atoms with E-state index in [2.05, 4.69) is 43.5 Å². The number of rotatable bonds is 4. The standard InChI is InChI=1S/C16H25NS/c1-11(17-10-13-9-16(13,2)3)15-8-12-6-4-5-7-14(12)18-15/h8,11,13,17H,4-7,9-10H2,1-3H3. The smallest absolute Gasteiger partial charge is 0.0386 e. The van der Waals surface area contributed by atoms with E-state index in [0.717, 1.165) is 5.92 Å². The molecule has 18 heavy (non-hydrogen) atoms. The van der Waals surface area contributed by atoms with Crippen LogP contribution in [0.3, 0.4) is 0 Å². The Morgan fingerprint density at radius 1 is 1.39 bits per heavy atom. The van der Waals surface area contributed by atoms with Crippen LogP contribution in [0.1, 0.15) is 61.4 Å². The van der Waals surface area contributed by atoms with Gasteiger partial charge >= 0.3 is 0 Å². The van der Waals surface area contributed by atoms with E-state index in [1.807, 2.05) is 0 Å². The topological polar surface area (TPSA) is 12.0 Å². The van der Waals surface area contributed by atoms with E-state index in [0.29, 0.717) is 11.5 Å². The molecule has 2 atom stereocenters. The molecule has 1 saturated carbocycles. The maximum atomic E-state index is 3.74. The maximum Gasteiger partial charge on any atom is 0.0386 e. The first-order valence-corrected chi connectivity index (χ1v) is 8.23. The highest BCUT2D eigenvalue weighted by Gasteiger charge is 2.44. The van der Waals surface area contributed by atoms with Gasteiger partial charge in [-0.25, -0.2) is 0 Å². The van der Waals surface area contributed by atoms with Crippen LogP contribution >= 0.6 is 11.3 Å².